The van der Waals surface area contributed by atoms with Gasteiger partial charge in [0.25, 0.3) is 5.91 Å². The van der Waals surface area contributed by atoms with E-state index >= 15 is 0 Å². The zero-order chi connectivity index (χ0) is 18.1. The van der Waals surface area contributed by atoms with E-state index in [4.69, 9.17) is 4.74 Å². The van der Waals surface area contributed by atoms with E-state index in [-0.39, 0.29) is 18.6 Å². The summed E-state index contributed by atoms with van der Waals surface area (Å²) in [4.78, 5) is 23.6. The molecule has 0 aliphatic carbocycles. The van der Waals surface area contributed by atoms with E-state index in [1.807, 2.05) is 30.3 Å². The van der Waals surface area contributed by atoms with E-state index in [1.54, 1.807) is 24.3 Å². The number of esters is 1. The number of amides is 1. The molecule has 0 spiro atoms. The number of nitrogens with one attached hydrogen (secondary N) is 1. The number of carbonyl (C=O) groups is 2. The van der Waals surface area contributed by atoms with Gasteiger partial charge in [0, 0.05) is 0 Å². The minimum atomic E-state index is -0.408. The summed E-state index contributed by atoms with van der Waals surface area (Å²) in [6.45, 7) is 2.01. The van der Waals surface area contributed by atoms with Crippen molar-refractivity contribution in [1.82, 2.24) is 5.32 Å². The van der Waals surface area contributed by atoms with Gasteiger partial charge in [-0.05, 0) is 36.2 Å². The fourth-order valence-electron chi connectivity index (χ4n) is 2.49. The van der Waals surface area contributed by atoms with Gasteiger partial charge in [-0.15, -0.1) is 0 Å². The van der Waals surface area contributed by atoms with Crippen LogP contribution in [0.5, 0.6) is 5.75 Å². The van der Waals surface area contributed by atoms with Crippen molar-refractivity contribution in [3.63, 3.8) is 0 Å². The molecule has 5 heteroatoms. The van der Waals surface area contributed by atoms with Crippen LogP contribution in [-0.4, -0.2) is 25.6 Å². The number of hydrogen-bond acceptors (Lipinski definition) is 4. The first-order valence-corrected chi connectivity index (χ1v) is 8.29. The quantitative estimate of drug-likeness (QED) is 0.746. The number of benzene rings is 2. The minimum absolute atomic E-state index is 0.0241. The Morgan fingerprint density at radius 3 is 2.32 bits per heavy atom. The third-order valence-electron chi connectivity index (χ3n) is 3.76. The van der Waals surface area contributed by atoms with Crippen LogP contribution < -0.4 is 10.1 Å². The lowest BCUT2D eigenvalue weighted by Crippen LogP contribution is -2.32. The lowest BCUT2D eigenvalue weighted by molar-refractivity contribution is -0.123. The van der Waals surface area contributed by atoms with Crippen LogP contribution in [-0.2, 0) is 9.53 Å². The zero-order valence-corrected chi connectivity index (χ0v) is 14.5. The molecule has 0 aromatic heterocycles. The Balaban J connectivity index is 1.89. The second-order valence-electron chi connectivity index (χ2n) is 5.62. The summed E-state index contributed by atoms with van der Waals surface area (Å²) in [7, 11) is 1.33. The third kappa shape index (κ3) is 5.64. The molecule has 0 aliphatic rings. The molecule has 2 aromatic rings. The molecule has 132 valence electrons. The summed E-state index contributed by atoms with van der Waals surface area (Å²) in [6, 6.07) is 16.3. The molecule has 2 aromatic carbocycles. The van der Waals surface area contributed by atoms with Gasteiger partial charge in [-0.2, -0.15) is 0 Å². The predicted molar refractivity (Wildman–Crippen MR) is 95.5 cm³/mol. The van der Waals surface area contributed by atoms with Gasteiger partial charge >= 0.3 is 5.97 Å². The highest BCUT2D eigenvalue weighted by Gasteiger charge is 2.14. The molecule has 0 aliphatic heterocycles. The molecule has 0 bridgehead atoms. The maximum Gasteiger partial charge on any atom is 0.337 e. The first kappa shape index (κ1) is 18.5. The predicted octanol–water partition coefficient (Wildman–Crippen LogP) is 3.51. The van der Waals surface area contributed by atoms with Crippen molar-refractivity contribution in [1.29, 1.82) is 0 Å². The van der Waals surface area contributed by atoms with Crippen LogP contribution in [0.3, 0.4) is 0 Å². The van der Waals surface area contributed by atoms with E-state index in [1.165, 1.54) is 7.11 Å². The van der Waals surface area contributed by atoms with Crippen LogP contribution in [0.1, 0.15) is 41.7 Å². The second kappa shape index (κ2) is 9.47. The number of carbonyl (C=O) groups excluding carboxylic acids is 2. The Morgan fingerprint density at radius 1 is 1.04 bits per heavy atom. The van der Waals surface area contributed by atoms with Crippen LogP contribution in [0.25, 0.3) is 0 Å². The average Bonchev–Trinajstić information content (AvgIpc) is 2.66. The van der Waals surface area contributed by atoms with Gasteiger partial charge in [0.1, 0.15) is 5.75 Å². The van der Waals surface area contributed by atoms with Crippen molar-refractivity contribution in [2.45, 2.75) is 25.8 Å². The molecule has 0 saturated heterocycles. The maximum atomic E-state index is 12.2. The molecule has 0 saturated carbocycles. The van der Waals surface area contributed by atoms with Crippen LogP contribution >= 0.6 is 0 Å². The summed E-state index contributed by atoms with van der Waals surface area (Å²) < 4.78 is 10.1. The van der Waals surface area contributed by atoms with Crippen molar-refractivity contribution in [2.75, 3.05) is 13.7 Å². The smallest absolute Gasteiger partial charge is 0.337 e. The molecule has 0 radical (unpaired) electrons. The van der Waals surface area contributed by atoms with Gasteiger partial charge in [0.2, 0.25) is 0 Å². The SMILES string of the molecule is CCCC(NC(=O)COc1ccc(C(=O)OC)cc1)c1ccccc1. The van der Waals surface area contributed by atoms with Gasteiger partial charge in [-0.3, -0.25) is 4.79 Å². The molecular formula is C20H23NO4. The molecule has 5 nitrogen and oxygen atoms in total. The van der Waals surface area contributed by atoms with Crippen LogP contribution in [0.2, 0.25) is 0 Å². The van der Waals surface area contributed by atoms with Crippen molar-refractivity contribution in [3.05, 3.63) is 65.7 Å². The van der Waals surface area contributed by atoms with Gasteiger partial charge < -0.3 is 14.8 Å². The van der Waals surface area contributed by atoms with E-state index < -0.39 is 5.97 Å². The van der Waals surface area contributed by atoms with Gasteiger partial charge in [-0.25, -0.2) is 4.79 Å². The largest absolute Gasteiger partial charge is 0.484 e. The fourth-order valence-corrected chi connectivity index (χ4v) is 2.49. The molecule has 1 N–H and O–H groups in total. The topological polar surface area (TPSA) is 64.6 Å². The highest BCUT2D eigenvalue weighted by molar-refractivity contribution is 5.89. The lowest BCUT2D eigenvalue weighted by atomic mass is 10.0. The first-order chi connectivity index (χ1) is 12.1. The standard InChI is InChI=1S/C20H23NO4/c1-3-7-18(15-8-5-4-6-9-15)21-19(22)14-25-17-12-10-16(11-13-17)20(23)24-2/h4-6,8-13,18H,3,7,14H2,1-2H3,(H,21,22). The Morgan fingerprint density at radius 2 is 1.72 bits per heavy atom. The Labute approximate surface area is 148 Å². The lowest BCUT2D eigenvalue weighted by Gasteiger charge is -2.18. The van der Waals surface area contributed by atoms with E-state index in [0.29, 0.717) is 11.3 Å². The van der Waals surface area contributed by atoms with Crippen molar-refractivity contribution in [3.8, 4) is 5.75 Å². The molecule has 2 rings (SSSR count). The van der Waals surface area contributed by atoms with Crippen LogP contribution in [0, 0.1) is 0 Å². The maximum absolute atomic E-state index is 12.2. The van der Waals surface area contributed by atoms with Crippen molar-refractivity contribution in [2.24, 2.45) is 0 Å². The number of rotatable bonds is 8. The van der Waals surface area contributed by atoms with Crippen molar-refractivity contribution >= 4 is 11.9 Å². The first-order valence-electron chi connectivity index (χ1n) is 8.29. The van der Waals surface area contributed by atoms with Gasteiger partial charge in [-0.1, -0.05) is 43.7 Å². The van der Waals surface area contributed by atoms with Crippen LogP contribution in [0.15, 0.2) is 54.6 Å². The summed E-state index contributed by atoms with van der Waals surface area (Å²) in [5, 5.41) is 3.01. The Kier molecular flexibility index (Phi) is 7.01. The van der Waals surface area contributed by atoms with Crippen LogP contribution in [0.4, 0.5) is 0 Å². The van der Waals surface area contributed by atoms with E-state index in [9.17, 15) is 9.59 Å². The molecule has 0 fully saturated rings. The highest BCUT2D eigenvalue weighted by Crippen LogP contribution is 2.18. The molecular weight excluding hydrogens is 318 g/mol. The average molecular weight is 341 g/mol. The summed E-state index contributed by atoms with van der Waals surface area (Å²) in [5.74, 6) is -0.0662. The highest BCUT2D eigenvalue weighted by atomic mass is 16.5. The van der Waals surface area contributed by atoms with Crippen molar-refractivity contribution < 1.29 is 19.1 Å². The molecule has 1 amide bonds. The van der Waals surface area contributed by atoms with E-state index in [2.05, 4.69) is 17.0 Å². The zero-order valence-electron chi connectivity index (χ0n) is 14.5. The summed E-state index contributed by atoms with van der Waals surface area (Å²) in [6.07, 6.45) is 1.83. The number of ether oxygens (including phenoxy) is 2. The normalized spacial score (nSPS) is 11.4. The molecule has 1 atom stereocenters. The number of hydrogen-bond donors (Lipinski definition) is 1. The van der Waals surface area contributed by atoms with Gasteiger partial charge in [0.15, 0.2) is 6.61 Å². The Bertz CT molecular complexity index is 683. The molecule has 25 heavy (non-hydrogen) atoms. The summed E-state index contributed by atoms with van der Waals surface area (Å²) in [5.41, 5.74) is 1.52. The van der Waals surface area contributed by atoms with E-state index in [0.717, 1.165) is 18.4 Å². The molecule has 0 heterocycles. The molecule has 1 unspecified atom stereocenters. The monoisotopic (exact) mass is 341 g/mol. The van der Waals surface area contributed by atoms with Gasteiger partial charge in [0.05, 0.1) is 18.7 Å². The number of methoxy groups -OCH3 is 1. The Hall–Kier alpha value is -2.82. The third-order valence-corrected chi connectivity index (χ3v) is 3.76. The second-order valence-corrected chi connectivity index (χ2v) is 5.62. The minimum Gasteiger partial charge on any atom is -0.484 e. The summed E-state index contributed by atoms with van der Waals surface area (Å²) >= 11 is 0. The fraction of sp³-hybridized carbons (Fsp3) is 0.300.